The summed E-state index contributed by atoms with van der Waals surface area (Å²) in [4.78, 5) is 6.75. The van der Waals surface area contributed by atoms with Gasteiger partial charge in [-0.3, -0.25) is 4.90 Å². The first-order valence-corrected chi connectivity index (χ1v) is 8.46. The normalized spacial score (nSPS) is 29.6. The van der Waals surface area contributed by atoms with Gasteiger partial charge in [0.05, 0.1) is 12.0 Å². The molecule has 2 aliphatic heterocycles. The van der Waals surface area contributed by atoms with Gasteiger partial charge in [-0.15, -0.1) is 0 Å². The van der Waals surface area contributed by atoms with Crippen molar-refractivity contribution in [3.63, 3.8) is 0 Å². The minimum atomic E-state index is 0.0421. The number of halogens is 1. The quantitative estimate of drug-likeness (QED) is 0.801. The molecule has 2 fully saturated rings. The molecule has 116 valence electrons. The number of nitrogens with zero attached hydrogens (tertiary/aromatic N) is 3. The van der Waals surface area contributed by atoms with Crippen molar-refractivity contribution in [3.05, 3.63) is 64.9 Å². The van der Waals surface area contributed by atoms with E-state index in [4.69, 9.17) is 11.6 Å². The molecule has 0 spiro atoms. The van der Waals surface area contributed by atoms with Crippen LogP contribution in [0.15, 0.2) is 48.7 Å². The first kappa shape index (κ1) is 14.7. The van der Waals surface area contributed by atoms with Crippen LogP contribution in [0.1, 0.15) is 29.9 Å². The van der Waals surface area contributed by atoms with E-state index >= 15 is 0 Å². The van der Waals surface area contributed by atoms with E-state index in [2.05, 4.69) is 40.2 Å². The Morgan fingerprint density at radius 2 is 1.91 bits per heavy atom. The molecular formula is C19H18ClN3. The van der Waals surface area contributed by atoms with Crippen LogP contribution in [0.5, 0.6) is 0 Å². The number of benzene rings is 1. The number of aromatic nitrogens is 1. The molecule has 4 rings (SSSR count). The van der Waals surface area contributed by atoms with E-state index < -0.39 is 0 Å². The molecule has 23 heavy (non-hydrogen) atoms. The van der Waals surface area contributed by atoms with Crippen molar-refractivity contribution < 1.29 is 0 Å². The molecule has 0 unspecified atom stereocenters. The van der Waals surface area contributed by atoms with Crippen molar-refractivity contribution in [1.29, 1.82) is 5.26 Å². The van der Waals surface area contributed by atoms with Gasteiger partial charge in [0.15, 0.2) is 0 Å². The molecule has 2 aliphatic rings. The summed E-state index contributed by atoms with van der Waals surface area (Å²) in [6.07, 6.45) is 4.12. The third-order valence-corrected chi connectivity index (χ3v) is 5.54. The van der Waals surface area contributed by atoms with Crippen molar-refractivity contribution in [3.8, 4) is 6.07 Å². The molecule has 0 amide bonds. The highest BCUT2D eigenvalue weighted by Crippen LogP contribution is 2.50. The van der Waals surface area contributed by atoms with E-state index in [1.807, 2.05) is 24.4 Å². The Morgan fingerprint density at radius 1 is 1.13 bits per heavy atom. The van der Waals surface area contributed by atoms with Crippen LogP contribution in [-0.2, 0) is 6.54 Å². The highest BCUT2D eigenvalue weighted by Gasteiger charge is 2.53. The van der Waals surface area contributed by atoms with Crippen LogP contribution in [-0.4, -0.2) is 22.0 Å². The Morgan fingerprint density at radius 3 is 2.61 bits per heavy atom. The van der Waals surface area contributed by atoms with E-state index in [1.165, 1.54) is 5.56 Å². The monoisotopic (exact) mass is 323 g/mol. The lowest BCUT2D eigenvalue weighted by Crippen LogP contribution is -2.29. The number of rotatable bonds is 3. The summed E-state index contributed by atoms with van der Waals surface area (Å²) in [7, 11) is 0. The van der Waals surface area contributed by atoms with Crippen molar-refractivity contribution in [2.24, 2.45) is 5.92 Å². The third-order valence-electron chi connectivity index (χ3n) is 5.32. The molecule has 1 aromatic heterocycles. The van der Waals surface area contributed by atoms with Gasteiger partial charge in [0.25, 0.3) is 0 Å². The number of fused-ring (bicyclic) bond motifs is 2. The molecule has 0 saturated carbocycles. The van der Waals surface area contributed by atoms with Crippen LogP contribution in [0.2, 0.25) is 5.15 Å². The second-order valence-corrected chi connectivity index (χ2v) is 6.85. The first-order chi connectivity index (χ1) is 11.3. The van der Waals surface area contributed by atoms with E-state index in [9.17, 15) is 5.26 Å². The van der Waals surface area contributed by atoms with E-state index in [0.717, 1.165) is 24.9 Å². The summed E-state index contributed by atoms with van der Waals surface area (Å²) in [5, 5.41) is 10.2. The Hall–Kier alpha value is -1.89. The van der Waals surface area contributed by atoms with Gasteiger partial charge in [0.2, 0.25) is 0 Å². The molecule has 0 radical (unpaired) electrons. The maximum Gasteiger partial charge on any atom is 0.129 e. The van der Waals surface area contributed by atoms with Gasteiger partial charge >= 0.3 is 0 Å². The smallest absolute Gasteiger partial charge is 0.129 e. The summed E-state index contributed by atoms with van der Waals surface area (Å²) < 4.78 is 0. The van der Waals surface area contributed by atoms with Crippen molar-refractivity contribution in [2.75, 3.05) is 0 Å². The number of nitriles is 1. The second kappa shape index (κ2) is 5.96. The Balaban J connectivity index is 1.64. The number of pyridine rings is 1. The highest BCUT2D eigenvalue weighted by atomic mass is 35.5. The SMILES string of the molecule is N#C[C@H]1[C@H](c2ccc(Cl)nc2)[C@@H]2CC[C@H]1N2Cc1ccccc1. The molecule has 3 heterocycles. The summed E-state index contributed by atoms with van der Waals surface area (Å²) in [6, 6.07) is 17.7. The lowest BCUT2D eigenvalue weighted by Gasteiger charge is -2.25. The van der Waals surface area contributed by atoms with E-state index in [0.29, 0.717) is 17.2 Å². The van der Waals surface area contributed by atoms with Gasteiger partial charge in [0.1, 0.15) is 5.15 Å². The molecule has 0 N–H and O–H groups in total. The Kier molecular flexibility index (Phi) is 3.80. The van der Waals surface area contributed by atoms with Crippen LogP contribution in [0, 0.1) is 17.2 Å². The zero-order valence-corrected chi connectivity index (χ0v) is 13.5. The van der Waals surface area contributed by atoms with Crippen LogP contribution >= 0.6 is 11.6 Å². The lowest BCUT2D eigenvalue weighted by atomic mass is 9.77. The van der Waals surface area contributed by atoms with Gasteiger partial charge in [-0.1, -0.05) is 48.0 Å². The molecule has 2 saturated heterocycles. The summed E-state index contributed by atoms with van der Waals surface area (Å²) in [6.45, 7) is 0.922. The summed E-state index contributed by atoms with van der Waals surface area (Å²) in [5.74, 6) is 0.285. The molecule has 2 bridgehead atoms. The fraction of sp³-hybridized carbons (Fsp3) is 0.368. The van der Waals surface area contributed by atoms with Crippen molar-refractivity contribution in [2.45, 2.75) is 37.4 Å². The second-order valence-electron chi connectivity index (χ2n) is 6.46. The maximum atomic E-state index is 9.74. The molecular weight excluding hydrogens is 306 g/mol. The predicted octanol–water partition coefficient (Wildman–Crippen LogP) is 4.01. The first-order valence-electron chi connectivity index (χ1n) is 8.08. The minimum absolute atomic E-state index is 0.0421. The van der Waals surface area contributed by atoms with Crippen LogP contribution in [0.25, 0.3) is 0 Å². The topological polar surface area (TPSA) is 39.9 Å². The zero-order chi connectivity index (χ0) is 15.8. The highest BCUT2D eigenvalue weighted by molar-refractivity contribution is 6.29. The van der Waals surface area contributed by atoms with E-state index in [-0.39, 0.29) is 11.8 Å². The Bertz CT molecular complexity index is 723. The van der Waals surface area contributed by atoms with Gasteiger partial charge in [0, 0.05) is 30.7 Å². The lowest BCUT2D eigenvalue weighted by molar-refractivity contribution is 0.234. The third kappa shape index (κ3) is 2.52. The van der Waals surface area contributed by atoms with Crippen LogP contribution in [0.4, 0.5) is 0 Å². The van der Waals surface area contributed by atoms with Gasteiger partial charge in [-0.25, -0.2) is 4.98 Å². The minimum Gasteiger partial charge on any atom is -0.291 e. The molecule has 4 atom stereocenters. The van der Waals surface area contributed by atoms with Crippen molar-refractivity contribution in [1.82, 2.24) is 9.88 Å². The standard InChI is InChI=1S/C19H18ClN3/c20-18-9-6-14(11-22-18)19-15(10-21)16-7-8-17(19)23(16)12-13-4-2-1-3-5-13/h1-6,9,11,15-17,19H,7-8,12H2/t15-,16-,17+,19+/m1/s1. The number of hydrogen-bond acceptors (Lipinski definition) is 3. The molecule has 3 nitrogen and oxygen atoms in total. The average molecular weight is 324 g/mol. The molecule has 4 heteroatoms. The molecule has 1 aromatic carbocycles. The largest absolute Gasteiger partial charge is 0.291 e. The van der Waals surface area contributed by atoms with Crippen LogP contribution < -0.4 is 0 Å². The summed E-state index contributed by atoms with van der Waals surface area (Å²) >= 11 is 5.92. The Labute approximate surface area is 141 Å². The van der Waals surface area contributed by atoms with Crippen LogP contribution in [0.3, 0.4) is 0 Å². The fourth-order valence-electron chi connectivity index (χ4n) is 4.38. The van der Waals surface area contributed by atoms with Crippen molar-refractivity contribution >= 4 is 11.6 Å². The number of hydrogen-bond donors (Lipinski definition) is 0. The maximum absolute atomic E-state index is 9.74. The van der Waals surface area contributed by atoms with E-state index in [1.54, 1.807) is 0 Å². The fourth-order valence-corrected chi connectivity index (χ4v) is 4.49. The van der Waals surface area contributed by atoms with Gasteiger partial charge < -0.3 is 0 Å². The van der Waals surface area contributed by atoms with Gasteiger partial charge in [-0.05, 0) is 30.0 Å². The average Bonchev–Trinajstić information content (AvgIpc) is 3.11. The summed E-state index contributed by atoms with van der Waals surface area (Å²) in [5.41, 5.74) is 2.46. The molecule has 2 aromatic rings. The predicted molar refractivity (Wildman–Crippen MR) is 89.9 cm³/mol. The molecule has 0 aliphatic carbocycles. The van der Waals surface area contributed by atoms with Gasteiger partial charge in [-0.2, -0.15) is 5.26 Å². The zero-order valence-electron chi connectivity index (χ0n) is 12.8.